The van der Waals surface area contributed by atoms with Crippen LogP contribution in [-0.4, -0.2) is 17.7 Å². The number of rotatable bonds is 5. The average Bonchev–Trinajstić information content (AvgIpc) is 2.55. The maximum Gasteiger partial charge on any atom is 0.309 e. The Kier molecular flexibility index (Phi) is 4.92. The first-order valence-corrected chi connectivity index (χ1v) is 7.05. The summed E-state index contributed by atoms with van der Waals surface area (Å²) in [7, 11) is 0. The highest BCUT2D eigenvalue weighted by atomic mass is 16.5. The number of ether oxygens (including phenoxy) is 1. The minimum Gasteiger partial charge on any atom is -0.466 e. The van der Waals surface area contributed by atoms with Crippen LogP contribution in [-0.2, 0) is 15.1 Å². The van der Waals surface area contributed by atoms with E-state index in [-0.39, 0.29) is 13.0 Å². The Hall–Kier alpha value is -2.64. The van der Waals surface area contributed by atoms with Crippen molar-refractivity contribution in [1.82, 2.24) is 0 Å². The van der Waals surface area contributed by atoms with E-state index in [1.807, 2.05) is 6.07 Å². The average molecular weight is 295 g/mol. The Labute approximate surface area is 129 Å². The molecule has 1 N–H and O–H groups in total. The molecule has 2 aromatic carbocycles. The Bertz CT molecular complexity index is 691. The number of carbonyl (C=O) groups is 1. The highest BCUT2D eigenvalue weighted by Crippen LogP contribution is 2.35. The summed E-state index contributed by atoms with van der Waals surface area (Å²) in [4.78, 5) is 11.9. The van der Waals surface area contributed by atoms with Crippen molar-refractivity contribution in [2.45, 2.75) is 18.9 Å². The zero-order valence-corrected chi connectivity index (χ0v) is 12.3. The maximum absolute atomic E-state index is 11.9. The summed E-state index contributed by atoms with van der Waals surface area (Å²) >= 11 is 0. The molecule has 0 aliphatic rings. The molecular weight excluding hydrogens is 278 g/mol. The van der Waals surface area contributed by atoms with Crippen LogP contribution in [0.2, 0.25) is 0 Å². The third-order valence-electron chi connectivity index (χ3n) is 3.45. The van der Waals surface area contributed by atoms with Gasteiger partial charge in [0.25, 0.3) is 0 Å². The number of hydrogen-bond acceptors (Lipinski definition) is 4. The molecule has 0 saturated carbocycles. The number of aliphatic hydroxyl groups is 1. The lowest BCUT2D eigenvalue weighted by Gasteiger charge is -2.29. The van der Waals surface area contributed by atoms with E-state index >= 15 is 0 Å². The Morgan fingerprint density at radius 2 is 1.82 bits per heavy atom. The van der Waals surface area contributed by atoms with Gasteiger partial charge in [-0.3, -0.25) is 4.79 Å². The second-order valence-corrected chi connectivity index (χ2v) is 4.87. The van der Waals surface area contributed by atoms with Gasteiger partial charge in [0.2, 0.25) is 0 Å². The predicted octanol–water partition coefficient (Wildman–Crippen LogP) is 2.75. The molecule has 4 heteroatoms. The highest BCUT2D eigenvalue weighted by Gasteiger charge is 2.36. The zero-order chi connectivity index (χ0) is 16.0. The van der Waals surface area contributed by atoms with Crippen LogP contribution in [0.25, 0.3) is 0 Å². The van der Waals surface area contributed by atoms with Gasteiger partial charge < -0.3 is 9.84 Å². The molecule has 0 fully saturated rings. The van der Waals surface area contributed by atoms with Crippen molar-refractivity contribution in [3.8, 4) is 6.07 Å². The molecule has 1 unspecified atom stereocenters. The summed E-state index contributed by atoms with van der Waals surface area (Å²) in [5, 5.41) is 20.5. The molecular formula is C18H17NO3. The Morgan fingerprint density at radius 3 is 2.45 bits per heavy atom. The summed E-state index contributed by atoms with van der Waals surface area (Å²) in [5.41, 5.74) is -0.319. The largest absolute Gasteiger partial charge is 0.466 e. The molecule has 22 heavy (non-hydrogen) atoms. The maximum atomic E-state index is 11.9. The van der Waals surface area contributed by atoms with E-state index in [0.717, 1.165) is 0 Å². The van der Waals surface area contributed by atoms with E-state index in [0.29, 0.717) is 16.7 Å². The van der Waals surface area contributed by atoms with Crippen molar-refractivity contribution in [2.75, 3.05) is 6.61 Å². The number of hydrogen-bond donors (Lipinski definition) is 1. The number of benzene rings is 2. The molecule has 0 amide bonds. The third kappa shape index (κ3) is 3.16. The van der Waals surface area contributed by atoms with Gasteiger partial charge >= 0.3 is 5.97 Å². The highest BCUT2D eigenvalue weighted by molar-refractivity contribution is 5.72. The van der Waals surface area contributed by atoms with Crippen molar-refractivity contribution >= 4 is 5.97 Å². The minimum absolute atomic E-state index is 0.240. The molecule has 0 heterocycles. The van der Waals surface area contributed by atoms with Gasteiger partial charge in [0.15, 0.2) is 0 Å². The third-order valence-corrected chi connectivity index (χ3v) is 3.45. The van der Waals surface area contributed by atoms with Gasteiger partial charge in [-0.1, -0.05) is 48.5 Å². The van der Waals surface area contributed by atoms with Crippen LogP contribution in [0.5, 0.6) is 0 Å². The van der Waals surface area contributed by atoms with Crippen LogP contribution in [0.15, 0.2) is 54.6 Å². The van der Waals surface area contributed by atoms with E-state index in [4.69, 9.17) is 4.74 Å². The fourth-order valence-electron chi connectivity index (χ4n) is 2.43. The zero-order valence-electron chi connectivity index (χ0n) is 12.3. The van der Waals surface area contributed by atoms with Crippen LogP contribution >= 0.6 is 0 Å². The van der Waals surface area contributed by atoms with Crippen molar-refractivity contribution in [3.05, 3.63) is 71.3 Å². The van der Waals surface area contributed by atoms with Crippen LogP contribution in [0, 0.1) is 11.3 Å². The molecule has 112 valence electrons. The normalized spacial score (nSPS) is 13.0. The van der Waals surface area contributed by atoms with Crippen LogP contribution in [0.4, 0.5) is 0 Å². The molecule has 1 atom stereocenters. The molecule has 0 aliphatic heterocycles. The van der Waals surface area contributed by atoms with Crippen molar-refractivity contribution in [2.24, 2.45) is 0 Å². The predicted molar refractivity (Wildman–Crippen MR) is 81.8 cm³/mol. The fourth-order valence-corrected chi connectivity index (χ4v) is 2.43. The summed E-state index contributed by atoms with van der Waals surface area (Å²) in [5.74, 6) is -0.512. The van der Waals surface area contributed by atoms with Crippen molar-refractivity contribution in [1.29, 1.82) is 5.26 Å². The molecule has 0 aliphatic carbocycles. The van der Waals surface area contributed by atoms with Gasteiger partial charge in [-0.25, -0.2) is 0 Å². The van der Waals surface area contributed by atoms with E-state index in [1.165, 1.54) is 0 Å². The summed E-state index contributed by atoms with van der Waals surface area (Å²) in [6, 6.07) is 17.6. The van der Waals surface area contributed by atoms with E-state index in [1.54, 1.807) is 55.5 Å². The van der Waals surface area contributed by atoms with E-state index in [9.17, 15) is 15.2 Å². The van der Waals surface area contributed by atoms with Crippen molar-refractivity contribution in [3.63, 3.8) is 0 Å². The first-order valence-electron chi connectivity index (χ1n) is 7.05. The lowest BCUT2D eigenvalue weighted by Crippen LogP contribution is -2.32. The Morgan fingerprint density at radius 1 is 1.18 bits per heavy atom. The van der Waals surface area contributed by atoms with Gasteiger partial charge in [0.05, 0.1) is 24.7 Å². The molecule has 0 saturated heterocycles. The molecule has 0 aromatic heterocycles. The topological polar surface area (TPSA) is 70.3 Å². The van der Waals surface area contributed by atoms with Gasteiger partial charge in [0, 0.05) is 5.56 Å². The van der Waals surface area contributed by atoms with Crippen LogP contribution in [0.1, 0.15) is 30.0 Å². The standard InChI is InChI=1S/C18H17NO3/c1-2-22-17(20)12-18(21,15-9-4-3-5-10-15)16-11-7-6-8-14(16)13-19/h3-11,21H,2,12H2,1H3. The van der Waals surface area contributed by atoms with Gasteiger partial charge in [0.1, 0.15) is 5.60 Å². The Balaban J connectivity index is 2.55. The summed E-state index contributed by atoms with van der Waals surface area (Å²) < 4.78 is 4.97. The molecule has 0 radical (unpaired) electrons. The number of carbonyl (C=O) groups excluding carboxylic acids is 1. The molecule has 2 aromatic rings. The first-order chi connectivity index (χ1) is 10.6. The number of esters is 1. The van der Waals surface area contributed by atoms with E-state index in [2.05, 4.69) is 6.07 Å². The number of nitrogens with zero attached hydrogens (tertiary/aromatic N) is 1. The fraction of sp³-hybridized carbons (Fsp3) is 0.222. The first kappa shape index (κ1) is 15.7. The monoisotopic (exact) mass is 295 g/mol. The molecule has 2 rings (SSSR count). The lowest BCUT2D eigenvalue weighted by molar-refractivity contribution is -0.147. The van der Waals surface area contributed by atoms with Gasteiger partial charge in [-0.2, -0.15) is 5.26 Å². The number of nitriles is 1. The van der Waals surface area contributed by atoms with Crippen LogP contribution in [0.3, 0.4) is 0 Å². The SMILES string of the molecule is CCOC(=O)CC(O)(c1ccccc1)c1ccccc1C#N. The molecule has 0 bridgehead atoms. The van der Waals surface area contributed by atoms with Gasteiger partial charge in [-0.05, 0) is 18.6 Å². The molecule has 0 spiro atoms. The van der Waals surface area contributed by atoms with E-state index < -0.39 is 11.6 Å². The lowest BCUT2D eigenvalue weighted by atomic mass is 9.81. The van der Waals surface area contributed by atoms with Crippen molar-refractivity contribution < 1.29 is 14.6 Å². The summed E-state index contributed by atoms with van der Waals surface area (Å²) in [6.45, 7) is 1.95. The summed E-state index contributed by atoms with van der Waals surface area (Å²) in [6.07, 6.45) is -0.246. The smallest absolute Gasteiger partial charge is 0.309 e. The minimum atomic E-state index is -1.60. The van der Waals surface area contributed by atoms with Gasteiger partial charge in [-0.15, -0.1) is 0 Å². The quantitative estimate of drug-likeness (QED) is 0.861. The second kappa shape index (κ2) is 6.88. The second-order valence-electron chi connectivity index (χ2n) is 4.87. The van der Waals surface area contributed by atoms with Crippen LogP contribution < -0.4 is 0 Å². The molecule has 4 nitrogen and oxygen atoms in total.